The summed E-state index contributed by atoms with van der Waals surface area (Å²) >= 11 is 1.27. The molecule has 0 fully saturated rings. The van der Waals surface area contributed by atoms with Gasteiger partial charge in [-0.05, 0) is 12.1 Å². The van der Waals surface area contributed by atoms with Crippen LogP contribution in [0.3, 0.4) is 0 Å². The number of carbonyl (C=O) groups is 2. The molecule has 0 aliphatic carbocycles. The van der Waals surface area contributed by atoms with Crippen LogP contribution in [-0.2, 0) is 4.79 Å². The van der Waals surface area contributed by atoms with Gasteiger partial charge in [0.2, 0.25) is 5.91 Å². The molecule has 5 nitrogen and oxygen atoms in total. The Kier molecular flexibility index (Phi) is 5.51. The van der Waals surface area contributed by atoms with Crippen LogP contribution < -0.4 is 10.6 Å². The topological polar surface area (TPSA) is 71.1 Å². The van der Waals surface area contributed by atoms with E-state index in [1.807, 2.05) is 30.3 Å². The van der Waals surface area contributed by atoms with Crippen LogP contribution >= 0.6 is 11.3 Å². The van der Waals surface area contributed by atoms with Gasteiger partial charge in [0, 0.05) is 10.9 Å². The van der Waals surface area contributed by atoms with Crippen molar-refractivity contribution in [2.24, 2.45) is 0 Å². The number of hydrogen-bond acceptors (Lipinski definition) is 4. The summed E-state index contributed by atoms with van der Waals surface area (Å²) in [5.41, 5.74) is 0.465. The average Bonchev–Trinajstić information content (AvgIpc) is 3.18. The lowest BCUT2D eigenvalue weighted by molar-refractivity contribution is -0.115. The first kappa shape index (κ1) is 18.6. The Morgan fingerprint density at radius 2 is 1.74 bits per heavy atom. The summed E-state index contributed by atoms with van der Waals surface area (Å²) in [6.45, 7) is -0.491. The van der Waals surface area contributed by atoms with Crippen molar-refractivity contribution >= 4 is 28.8 Å². The SMILES string of the molecule is O=C(CNC(=O)c1csc(-c2ccccc2)n1)Nc1ccc(F)c(F)c1F. The van der Waals surface area contributed by atoms with Gasteiger partial charge in [0.05, 0.1) is 12.2 Å². The summed E-state index contributed by atoms with van der Waals surface area (Å²) in [7, 11) is 0. The highest BCUT2D eigenvalue weighted by Gasteiger charge is 2.16. The molecule has 0 aliphatic heterocycles. The van der Waals surface area contributed by atoms with Gasteiger partial charge in [0.1, 0.15) is 10.7 Å². The first-order chi connectivity index (χ1) is 13.0. The number of amides is 2. The van der Waals surface area contributed by atoms with Crippen LogP contribution in [0.5, 0.6) is 0 Å². The van der Waals surface area contributed by atoms with Gasteiger partial charge in [-0.1, -0.05) is 30.3 Å². The number of anilines is 1. The number of nitrogens with one attached hydrogen (secondary N) is 2. The minimum Gasteiger partial charge on any atom is -0.342 e. The third kappa shape index (κ3) is 4.32. The summed E-state index contributed by atoms with van der Waals surface area (Å²) in [5, 5.41) is 6.59. The maximum Gasteiger partial charge on any atom is 0.271 e. The molecule has 3 aromatic rings. The molecule has 27 heavy (non-hydrogen) atoms. The Morgan fingerprint density at radius 1 is 1.00 bits per heavy atom. The minimum atomic E-state index is -1.69. The molecule has 2 aromatic carbocycles. The molecule has 0 bridgehead atoms. The molecule has 0 atom stereocenters. The van der Waals surface area contributed by atoms with Crippen LogP contribution in [0.25, 0.3) is 10.6 Å². The summed E-state index contributed by atoms with van der Waals surface area (Å²) in [4.78, 5) is 28.1. The molecule has 0 spiro atoms. The average molecular weight is 391 g/mol. The molecule has 0 aliphatic rings. The lowest BCUT2D eigenvalue weighted by Gasteiger charge is -2.08. The van der Waals surface area contributed by atoms with Crippen molar-refractivity contribution in [3.63, 3.8) is 0 Å². The molecule has 0 saturated carbocycles. The van der Waals surface area contributed by atoms with Crippen molar-refractivity contribution in [3.05, 3.63) is 71.0 Å². The van der Waals surface area contributed by atoms with E-state index in [1.165, 1.54) is 11.3 Å². The summed E-state index contributed by atoms with van der Waals surface area (Å²) < 4.78 is 39.5. The van der Waals surface area contributed by atoms with E-state index in [-0.39, 0.29) is 5.69 Å². The molecule has 0 saturated heterocycles. The Morgan fingerprint density at radius 3 is 2.48 bits per heavy atom. The van der Waals surface area contributed by atoms with Gasteiger partial charge in [0.15, 0.2) is 17.5 Å². The molecule has 1 heterocycles. The number of benzene rings is 2. The Labute approximate surface area is 155 Å². The van der Waals surface area contributed by atoms with E-state index in [4.69, 9.17) is 0 Å². The molecule has 1 aromatic heterocycles. The maximum atomic E-state index is 13.5. The van der Waals surface area contributed by atoms with Crippen LogP contribution in [0.1, 0.15) is 10.5 Å². The molecule has 2 amide bonds. The fraction of sp³-hybridized carbons (Fsp3) is 0.0556. The number of hydrogen-bond donors (Lipinski definition) is 2. The quantitative estimate of drug-likeness (QED) is 0.653. The van der Waals surface area contributed by atoms with E-state index in [9.17, 15) is 22.8 Å². The summed E-state index contributed by atoms with van der Waals surface area (Å²) in [6, 6.07) is 10.8. The third-order valence-corrected chi connectivity index (χ3v) is 4.37. The van der Waals surface area contributed by atoms with Gasteiger partial charge in [-0.15, -0.1) is 11.3 Å². The standard InChI is InChI=1S/C18H12F3N3O2S/c19-11-6-7-12(16(21)15(11)20)23-14(25)8-22-17(26)13-9-27-18(24-13)10-4-2-1-3-5-10/h1-7,9H,8H2,(H,22,26)(H,23,25). The van der Waals surface area contributed by atoms with E-state index >= 15 is 0 Å². The van der Waals surface area contributed by atoms with Gasteiger partial charge in [-0.2, -0.15) is 0 Å². The highest BCUT2D eigenvalue weighted by molar-refractivity contribution is 7.13. The first-order valence-corrected chi connectivity index (χ1v) is 8.56. The van der Waals surface area contributed by atoms with Crippen molar-refractivity contribution in [1.82, 2.24) is 10.3 Å². The molecule has 3 rings (SSSR count). The van der Waals surface area contributed by atoms with Crippen molar-refractivity contribution in [2.75, 3.05) is 11.9 Å². The summed E-state index contributed by atoms with van der Waals surface area (Å²) in [6.07, 6.45) is 0. The van der Waals surface area contributed by atoms with Crippen LogP contribution in [0.2, 0.25) is 0 Å². The fourth-order valence-corrected chi connectivity index (χ4v) is 2.97. The minimum absolute atomic E-state index is 0.130. The zero-order valence-corrected chi connectivity index (χ0v) is 14.4. The molecule has 138 valence electrons. The molecular formula is C18H12F3N3O2S. The molecule has 0 radical (unpaired) electrons. The zero-order chi connectivity index (χ0) is 19.4. The Bertz CT molecular complexity index is 993. The van der Waals surface area contributed by atoms with E-state index in [1.54, 1.807) is 5.38 Å². The van der Waals surface area contributed by atoms with E-state index in [2.05, 4.69) is 15.6 Å². The van der Waals surface area contributed by atoms with Gasteiger partial charge < -0.3 is 10.6 Å². The number of nitrogens with zero attached hydrogens (tertiary/aromatic N) is 1. The second-order valence-corrected chi connectivity index (χ2v) is 6.22. The predicted molar refractivity (Wildman–Crippen MR) is 94.8 cm³/mol. The van der Waals surface area contributed by atoms with Gasteiger partial charge in [0.25, 0.3) is 5.91 Å². The number of aromatic nitrogens is 1. The second kappa shape index (κ2) is 8.00. The zero-order valence-electron chi connectivity index (χ0n) is 13.6. The van der Waals surface area contributed by atoms with Crippen LogP contribution in [0, 0.1) is 17.5 Å². The van der Waals surface area contributed by atoms with Crippen molar-refractivity contribution < 1.29 is 22.8 Å². The van der Waals surface area contributed by atoms with E-state index in [0.717, 1.165) is 11.6 Å². The first-order valence-electron chi connectivity index (χ1n) is 7.68. The highest BCUT2D eigenvalue weighted by Crippen LogP contribution is 2.23. The smallest absolute Gasteiger partial charge is 0.271 e. The van der Waals surface area contributed by atoms with Gasteiger partial charge in [-0.25, -0.2) is 18.2 Å². The van der Waals surface area contributed by atoms with Crippen LogP contribution in [0.15, 0.2) is 47.8 Å². The monoisotopic (exact) mass is 391 g/mol. The fourth-order valence-electron chi connectivity index (χ4n) is 2.16. The lowest BCUT2D eigenvalue weighted by Crippen LogP contribution is -2.33. The number of thiazole rings is 1. The van der Waals surface area contributed by atoms with Crippen molar-refractivity contribution in [3.8, 4) is 10.6 Å². The predicted octanol–water partition coefficient (Wildman–Crippen LogP) is 3.60. The second-order valence-electron chi connectivity index (χ2n) is 5.36. The van der Waals surface area contributed by atoms with Crippen molar-refractivity contribution in [2.45, 2.75) is 0 Å². The van der Waals surface area contributed by atoms with E-state index < -0.39 is 41.5 Å². The van der Waals surface area contributed by atoms with Crippen LogP contribution in [0.4, 0.5) is 18.9 Å². The molecule has 0 unspecified atom stereocenters. The molecular weight excluding hydrogens is 379 g/mol. The Hall–Kier alpha value is -3.20. The van der Waals surface area contributed by atoms with E-state index in [0.29, 0.717) is 11.1 Å². The number of rotatable bonds is 5. The number of halogens is 3. The van der Waals surface area contributed by atoms with Gasteiger partial charge in [-0.3, -0.25) is 9.59 Å². The third-order valence-electron chi connectivity index (χ3n) is 3.48. The van der Waals surface area contributed by atoms with Gasteiger partial charge >= 0.3 is 0 Å². The lowest BCUT2D eigenvalue weighted by atomic mass is 10.2. The highest BCUT2D eigenvalue weighted by atomic mass is 32.1. The maximum absolute atomic E-state index is 13.5. The molecule has 2 N–H and O–H groups in total. The normalized spacial score (nSPS) is 10.5. The van der Waals surface area contributed by atoms with Crippen molar-refractivity contribution in [1.29, 1.82) is 0 Å². The summed E-state index contributed by atoms with van der Waals surface area (Å²) in [5.74, 6) is -5.95. The Balaban J connectivity index is 1.59. The largest absolute Gasteiger partial charge is 0.342 e. The molecule has 9 heteroatoms. The van der Waals surface area contributed by atoms with Crippen LogP contribution in [-0.4, -0.2) is 23.3 Å². The number of carbonyl (C=O) groups excluding carboxylic acids is 2.